The number of carbonyl (C=O) groups is 1. The summed E-state index contributed by atoms with van der Waals surface area (Å²) in [5.41, 5.74) is 13.9. The van der Waals surface area contributed by atoms with E-state index in [1.165, 1.54) is 10.8 Å². The third-order valence-corrected chi connectivity index (χ3v) is 5.95. The van der Waals surface area contributed by atoms with Crippen LogP contribution in [0.15, 0.2) is 24.7 Å². The largest absolute Gasteiger partial charge is 0.493 e. The van der Waals surface area contributed by atoms with E-state index in [0.717, 1.165) is 24.0 Å². The van der Waals surface area contributed by atoms with Gasteiger partial charge >= 0.3 is 0 Å². The normalized spacial score (nSPS) is 14.5. The van der Waals surface area contributed by atoms with E-state index in [0.29, 0.717) is 53.4 Å². The molecule has 3 aromatic rings. The molecule has 1 fully saturated rings. The zero-order valence-electron chi connectivity index (χ0n) is 16.7. The average Bonchev–Trinajstić information content (AvgIpc) is 3.47. The number of benzene rings is 1. The fraction of sp³-hybridized carbons (Fsp3) is 0.400. The summed E-state index contributed by atoms with van der Waals surface area (Å²) >= 11 is 12.7. The molecule has 1 saturated carbocycles. The Hall–Kier alpha value is -2.62. The van der Waals surface area contributed by atoms with Crippen LogP contribution in [-0.2, 0) is 11.2 Å². The van der Waals surface area contributed by atoms with Gasteiger partial charge in [0.1, 0.15) is 12.1 Å². The molecule has 2 heterocycles. The first-order valence-electron chi connectivity index (χ1n) is 10.0. The molecule has 9 nitrogen and oxygen atoms in total. The maximum absolute atomic E-state index is 12.0. The molecule has 0 radical (unpaired) electrons. The molecule has 31 heavy (non-hydrogen) atoms. The highest BCUT2D eigenvalue weighted by Crippen LogP contribution is 2.35. The van der Waals surface area contributed by atoms with Gasteiger partial charge < -0.3 is 21.5 Å². The van der Waals surface area contributed by atoms with Crippen molar-refractivity contribution in [1.82, 2.24) is 24.9 Å². The summed E-state index contributed by atoms with van der Waals surface area (Å²) in [5.74, 6) is 0.742. The van der Waals surface area contributed by atoms with E-state index in [9.17, 15) is 4.79 Å². The molecular formula is C20H23Cl2N7O2. The molecule has 11 heteroatoms. The third-order valence-electron chi connectivity index (χ3n) is 5.10. The van der Waals surface area contributed by atoms with Crippen LogP contribution >= 0.6 is 23.2 Å². The lowest BCUT2D eigenvalue weighted by molar-refractivity contribution is -0.122. The van der Waals surface area contributed by atoms with Crippen LogP contribution in [0.4, 0.5) is 5.95 Å². The molecule has 1 aromatic carbocycles. The number of amides is 1. The van der Waals surface area contributed by atoms with Gasteiger partial charge in [0.05, 0.1) is 28.9 Å². The Morgan fingerprint density at radius 1 is 1.32 bits per heavy atom. The van der Waals surface area contributed by atoms with E-state index in [-0.39, 0.29) is 11.9 Å². The van der Waals surface area contributed by atoms with Crippen molar-refractivity contribution in [3.8, 4) is 5.75 Å². The number of fused-ring (bicyclic) bond motifs is 1. The minimum atomic E-state index is -0.540. The fourth-order valence-electron chi connectivity index (χ4n) is 3.22. The van der Waals surface area contributed by atoms with Crippen molar-refractivity contribution in [2.45, 2.75) is 44.2 Å². The van der Waals surface area contributed by atoms with Crippen LogP contribution in [0.1, 0.15) is 36.8 Å². The molecule has 5 N–H and O–H groups in total. The number of rotatable bonds is 9. The second kappa shape index (κ2) is 9.25. The summed E-state index contributed by atoms with van der Waals surface area (Å²) in [6, 6.07) is 3.22. The Morgan fingerprint density at radius 3 is 2.90 bits per heavy atom. The van der Waals surface area contributed by atoms with Crippen LogP contribution < -0.4 is 21.5 Å². The minimum Gasteiger partial charge on any atom is -0.493 e. The number of anilines is 1. The number of aromatic nitrogens is 4. The van der Waals surface area contributed by atoms with Crippen molar-refractivity contribution in [2.24, 2.45) is 5.73 Å². The highest BCUT2D eigenvalue weighted by atomic mass is 35.5. The van der Waals surface area contributed by atoms with Gasteiger partial charge in [-0.05, 0) is 37.8 Å². The zero-order valence-corrected chi connectivity index (χ0v) is 18.2. The molecule has 0 spiro atoms. The number of hydrogen-bond donors (Lipinski definition) is 3. The van der Waals surface area contributed by atoms with Crippen molar-refractivity contribution in [1.29, 1.82) is 0 Å². The summed E-state index contributed by atoms with van der Waals surface area (Å²) in [6.45, 7) is 0.388. The van der Waals surface area contributed by atoms with Crippen molar-refractivity contribution in [3.63, 3.8) is 0 Å². The maximum atomic E-state index is 12.0. The first-order valence-corrected chi connectivity index (χ1v) is 10.8. The molecule has 2 aromatic heterocycles. The second-order valence-electron chi connectivity index (χ2n) is 7.53. The van der Waals surface area contributed by atoms with Crippen LogP contribution in [-0.4, -0.2) is 44.2 Å². The molecule has 1 atom stereocenters. The van der Waals surface area contributed by atoms with Gasteiger partial charge in [-0.25, -0.2) is 9.97 Å². The number of hydrogen-bond acceptors (Lipinski definition) is 7. The van der Waals surface area contributed by atoms with Gasteiger partial charge in [-0.1, -0.05) is 23.2 Å². The Balaban J connectivity index is 1.43. The van der Waals surface area contributed by atoms with Gasteiger partial charge in [0.25, 0.3) is 0 Å². The highest BCUT2D eigenvalue weighted by molar-refractivity contribution is 6.42. The van der Waals surface area contributed by atoms with Crippen LogP contribution in [0.25, 0.3) is 5.65 Å². The van der Waals surface area contributed by atoms with E-state index in [4.69, 9.17) is 39.4 Å². The number of ether oxygens (including phenoxy) is 1. The Labute approximate surface area is 189 Å². The van der Waals surface area contributed by atoms with E-state index >= 15 is 0 Å². The van der Waals surface area contributed by atoms with Gasteiger partial charge in [0.15, 0.2) is 5.65 Å². The summed E-state index contributed by atoms with van der Waals surface area (Å²) < 4.78 is 7.43. The summed E-state index contributed by atoms with van der Waals surface area (Å²) in [7, 11) is 0. The lowest BCUT2D eigenvalue weighted by atomic mass is 10.1. The van der Waals surface area contributed by atoms with Crippen LogP contribution in [0.2, 0.25) is 10.0 Å². The van der Waals surface area contributed by atoms with Crippen LogP contribution in [0.5, 0.6) is 5.75 Å². The minimum absolute atomic E-state index is 0.105. The molecule has 0 aliphatic heterocycles. The number of nitrogen functional groups attached to an aromatic ring is 1. The second-order valence-corrected chi connectivity index (χ2v) is 8.32. The predicted molar refractivity (Wildman–Crippen MR) is 118 cm³/mol. The summed E-state index contributed by atoms with van der Waals surface area (Å²) in [5, 5.41) is 7.97. The average molecular weight is 464 g/mol. The van der Waals surface area contributed by atoms with E-state index in [2.05, 4.69) is 20.4 Å². The predicted octanol–water partition coefficient (Wildman–Crippen LogP) is 2.37. The summed E-state index contributed by atoms with van der Waals surface area (Å²) in [6.07, 6.45) is 6.67. The maximum Gasteiger partial charge on any atom is 0.237 e. The van der Waals surface area contributed by atoms with E-state index in [1.54, 1.807) is 18.3 Å². The Kier molecular flexibility index (Phi) is 6.45. The van der Waals surface area contributed by atoms with Crippen molar-refractivity contribution < 1.29 is 9.53 Å². The first-order chi connectivity index (χ1) is 14.9. The van der Waals surface area contributed by atoms with E-state index < -0.39 is 6.04 Å². The number of nitrogens with one attached hydrogen (secondary N) is 1. The Morgan fingerprint density at radius 2 is 2.13 bits per heavy atom. The van der Waals surface area contributed by atoms with Crippen LogP contribution in [0, 0.1) is 0 Å². The molecule has 0 unspecified atom stereocenters. The quantitative estimate of drug-likeness (QED) is 0.414. The van der Waals surface area contributed by atoms with Gasteiger partial charge in [0.2, 0.25) is 11.9 Å². The highest BCUT2D eigenvalue weighted by Gasteiger charge is 2.25. The van der Waals surface area contributed by atoms with Crippen molar-refractivity contribution in [2.75, 3.05) is 12.3 Å². The molecule has 1 amide bonds. The van der Waals surface area contributed by atoms with Gasteiger partial charge in [-0.15, -0.1) is 0 Å². The smallest absolute Gasteiger partial charge is 0.237 e. The number of carbonyl (C=O) groups excluding carboxylic acids is 1. The fourth-order valence-corrected chi connectivity index (χ4v) is 3.62. The molecule has 4 rings (SSSR count). The molecular weight excluding hydrogens is 441 g/mol. The monoisotopic (exact) mass is 463 g/mol. The lowest BCUT2D eigenvalue weighted by Crippen LogP contribution is -2.41. The van der Waals surface area contributed by atoms with Gasteiger partial charge in [-0.3, -0.25) is 4.79 Å². The van der Waals surface area contributed by atoms with Crippen molar-refractivity contribution >= 4 is 40.7 Å². The Bertz CT molecular complexity index is 1100. The standard InChI is InChI=1S/C20H23Cl2N7O2/c21-14-5-6-16(31-7-1-2-15(23)19(30)28-12-3-4-12)13(17(14)22)8-11-9-27-29-18(11)25-10-26-20(29)24/h5-6,9-10,12,15H,1-4,7-8,23H2,(H,28,30)(H2,24,25,26)/t15-/m1/s1. The lowest BCUT2D eigenvalue weighted by Gasteiger charge is -2.15. The third kappa shape index (κ3) is 5.00. The molecule has 1 aliphatic rings. The molecule has 0 saturated heterocycles. The first kappa shape index (κ1) is 21.6. The molecule has 0 bridgehead atoms. The van der Waals surface area contributed by atoms with Gasteiger partial charge in [0, 0.05) is 23.6 Å². The SMILES string of the molecule is Nc1ncnc2c(Cc3c(OCCC[C@@H](N)C(=O)NC4CC4)ccc(Cl)c3Cl)cnn12. The van der Waals surface area contributed by atoms with Crippen molar-refractivity contribution in [3.05, 3.63) is 45.8 Å². The van der Waals surface area contributed by atoms with Gasteiger partial charge in [-0.2, -0.15) is 9.61 Å². The number of halogens is 2. The molecule has 1 aliphatic carbocycles. The topological polar surface area (TPSA) is 133 Å². The molecule has 164 valence electrons. The number of nitrogens with zero attached hydrogens (tertiary/aromatic N) is 4. The zero-order chi connectivity index (χ0) is 22.0. The summed E-state index contributed by atoms with van der Waals surface area (Å²) in [4.78, 5) is 20.2. The number of nitrogens with two attached hydrogens (primary N) is 2. The van der Waals surface area contributed by atoms with E-state index in [1.807, 2.05) is 0 Å². The van der Waals surface area contributed by atoms with Crippen LogP contribution in [0.3, 0.4) is 0 Å².